The topological polar surface area (TPSA) is 44.3 Å². The Kier molecular flexibility index (Phi) is 5.46. The van der Waals surface area contributed by atoms with E-state index < -0.39 is 0 Å². The molecule has 1 aliphatic carbocycles. The van der Waals surface area contributed by atoms with Crippen molar-refractivity contribution in [3.8, 4) is 0 Å². The highest BCUT2D eigenvalue weighted by Gasteiger charge is 2.24. The molecule has 0 spiro atoms. The van der Waals surface area contributed by atoms with Gasteiger partial charge in [0.25, 0.3) is 0 Å². The van der Waals surface area contributed by atoms with E-state index in [1.807, 2.05) is 0 Å². The Morgan fingerprint density at radius 2 is 1.91 bits per heavy atom. The maximum Gasteiger partial charge on any atom is 0.208 e. The second kappa shape index (κ2) is 7.55. The second-order valence-corrected chi connectivity index (χ2v) is 7.44. The Labute approximate surface area is 142 Å². The third kappa shape index (κ3) is 3.68. The van der Waals surface area contributed by atoms with E-state index >= 15 is 0 Å². The summed E-state index contributed by atoms with van der Waals surface area (Å²) in [6.45, 7) is 6.85. The molecule has 5 nitrogen and oxygen atoms in total. The molecule has 0 amide bonds. The zero-order chi connectivity index (χ0) is 15.4. The molecule has 7 heteroatoms. The summed E-state index contributed by atoms with van der Waals surface area (Å²) in [4.78, 5) is 4.60. The van der Waals surface area contributed by atoms with Crippen LogP contribution < -0.4 is 10.2 Å². The quantitative estimate of drug-likeness (QED) is 0.854. The van der Waals surface area contributed by atoms with Gasteiger partial charge in [0.1, 0.15) is 5.01 Å². The second-order valence-electron chi connectivity index (χ2n) is 6.07. The maximum absolute atomic E-state index is 5.39. The summed E-state index contributed by atoms with van der Waals surface area (Å²) in [5.41, 5.74) is 0. The molecule has 2 fully saturated rings. The highest BCUT2D eigenvalue weighted by molar-refractivity contribution is 7.80. The number of piperazine rings is 1. The van der Waals surface area contributed by atoms with Crippen LogP contribution in [0.5, 0.6) is 0 Å². The van der Waals surface area contributed by atoms with Gasteiger partial charge in [-0.2, -0.15) is 0 Å². The van der Waals surface area contributed by atoms with Gasteiger partial charge < -0.3 is 15.1 Å². The molecule has 22 heavy (non-hydrogen) atoms. The SMILES string of the molecule is CCNC(=S)N1CCN(c2nnc(C3CCCCC3)s2)CC1. The number of hydrogen-bond acceptors (Lipinski definition) is 5. The number of thiocarbonyl (C=S) groups is 1. The highest BCUT2D eigenvalue weighted by Crippen LogP contribution is 2.36. The Morgan fingerprint density at radius 1 is 1.18 bits per heavy atom. The summed E-state index contributed by atoms with van der Waals surface area (Å²) >= 11 is 7.19. The Morgan fingerprint density at radius 3 is 2.59 bits per heavy atom. The summed E-state index contributed by atoms with van der Waals surface area (Å²) < 4.78 is 0. The smallest absolute Gasteiger partial charge is 0.208 e. The maximum atomic E-state index is 5.39. The van der Waals surface area contributed by atoms with Crippen molar-refractivity contribution in [2.24, 2.45) is 0 Å². The minimum Gasteiger partial charge on any atom is -0.363 e. The van der Waals surface area contributed by atoms with E-state index in [-0.39, 0.29) is 0 Å². The summed E-state index contributed by atoms with van der Waals surface area (Å²) in [6, 6.07) is 0. The van der Waals surface area contributed by atoms with Crippen molar-refractivity contribution in [1.29, 1.82) is 0 Å². The van der Waals surface area contributed by atoms with E-state index in [0.29, 0.717) is 5.92 Å². The third-order valence-electron chi connectivity index (χ3n) is 4.55. The molecule has 1 aromatic heterocycles. The van der Waals surface area contributed by atoms with Crippen molar-refractivity contribution >= 4 is 33.8 Å². The molecule has 1 saturated heterocycles. The van der Waals surface area contributed by atoms with Crippen molar-refractivity contribution < 1.29 is 0 Å². The summed E-state index contributed by atoms with van der Waals surface area (Å²) in [6.07, 6.45) is 6.66. The summed E-state index contributed by atoms with van der Waals surface area (Å²) in [7, 11) is 0. The fraction of sp³-hybridized carbons (Fsp3) is 0.800. The molecule has 0 unspecified atom stereocenters. The van der Waals surface area contributed by atoms with E-state index in [2.05, 4.69) is 32.2 Å². The number of hydrogen-bond donors (Lipinski definition) is 1. The van der Waals surface area contributed by atoms with E-state index in [4.69, 9.17) is 12.2 Å². The predicted octanol–water partition coefficient (Wildman–Crippen LogP) is 2.60. The average Bonchev–Trinajstić information content (AvgIpc) is 3.06. The van der Waals surface area contributed by atoms with Gasteiger partial charge >= 0.3 is 0 Å². The summed E-state index contributed by atoms with van der Waals surface area (Å²) in [5.74, 6) is 0.655. The molecule has 1 aliphatic heterocycles. The van der Waals surface area contributed by atoms with Crippen LogP contribution >= 0.6 is 23.6 Å². The van der Waals surface area contributed by atoms with Crippen molar-refractivity contribution in [3.05, 3.63) is 5.01 Å². The number of nitrogens with zero attached hydrogens (tertiary/aromatic N) is 4. The molecule has 1 aromatic rings. The molecular formula is C15H25N5S2. The first kappa shape index (κ1) is 15.9. The predicted molar refractivity (Wildman–Crippen MR) is 95.8 cm³/mol. The van der Waals surface area contributed by atoms with Gasteiger partial charge in [0.15, 0.2) is 5.11 Å². The highest BCUT2D eigenvalue weighted by atomic mass is 32.1. The van der Waals surface area contributed by atoms with Gasteiger partial charge in [0, 0.05) is 38.6 Å². The Balaban J connectivity index is 1.55. The number of anilines is 1. The van der Waals surface area contributed by atoms with Crippen LogP contribution in [0.25, 0.3) is 0 Å². The van der Waals surface area contributed by atoms with Crippen LogP contribution in [0.2, 0.25) is 0 Å². The van der Waals surface area contributed by atoms with E-state index in [0.717, 1.165) is 43.0 Å². The average molecular weight is 340 g/mol. The molecular weight excluding hydrogens is 314 g/mol. The van der Waals surface area contributed by atoms with Crippen LogP contribution in [0.3, 0.4) is 0 Å². The lowest BCUT2D eigenvalue weighted by atomic mass is 9.90. The van der Waals surface area contributed by atoms with E-state index in [1.54, 1.807) is 11.3 Å². The molecule has 0 radical (unpaired) electrons. The first-order valence-corrected chi connectivity index (χ1v) is 9.61. The Bertz CT molecular complexity index is 490. The van der Waals surface area contributed by atoms with Gasteiger partial charge in [-0.1, -0.05) is 30.6 Å². The van der Waals surface area contributed by atoms with Crippen LogP contribution in [0, 0.1) is 0 Å². The Hall–Kier alpha value is -0.950. The minimum absolute atomic E-state index is 0.655. The van der Waals surface area contributed by atoms with Gasteiger partial charge in [-0.3, -0.25) is 0 Å². The first-order chi connectivity index (χ1) is 10.8. The fourth-order valence-electron chi connectivity index (χ4n) is 3.23. The van der Waals surface area contributed by atoms with E-state index in [1.165, 1.54) is 37.1 Å². The molecule has 122 valence electrons. The van der Waals surface area contributed by atoms with Gasteiger partial charge in [-0.25, -0.2) is 0 Å². The number of rotatable bonds is 3. The minimum atomic E-state index is 0.655. The van der Waals surface area contributed by atoms with Gasteiger partial charge in [-0.15, -0.1) is 10.2 Å². The van der Waals surface area contributed by atoms with Crippen LogP contribution in [0.4, 0.5) is 5.13 Å². The molecule has 0 aromatic carbocycles. The van der Waals surface area contributed by atoms with Gasteiger partial charge in [-0.05, 0) is 32.0 Å². The monoisotopic (exact) mass is 339 g/mol. The zero-order valence-electron chi connectivity index (χ0n) is 13.3. The van der Waals surface area contributed by atoms with Crippen molar-refractivity contribution in [3.63, 3.8) is 0 Å². The third-order valence-corrected chi connectivity index (χ3v) is 6.10. The lowest BCUT2D eigenvalue weighted by Gasteiger charge is -2.35. The largest absolute Gasteiger partial charge is 0.363 e. The number of nitrogens with one attached hydrogen (secondary N) is 1. The summed E-state index contributed by atoms with van der Waals surface area (Å²) in [5, 5.41) is 15.4. The van der Waals surface area contributed by atoms with Crippen LogP contribution in [-0.2, 0) is 0 Å². The molecule has 1 N–H and O–H groups in total. The number of aromatic nitrogens is 2. The molecule has 1 saturated carbocycles. The fourth-order valence-corrected chi connectivity index (χ4v) is 4.62. The van der Waals surface area contributed by atoms with Crippen molar-refractivity contribution in [2.75, 3.05) is 37.6 Å². The lowest BCUT2D eigenvalue weighted by molar-refractivity contribution is 0.380. The zero-order valence-corrected chi connectivity index (χ0v) is 14.9. The van der Waals surface area contributed by atoms with Crippen molar-refractivity contribution in [1.82, 2.24) is 20.4 Å². The first-order valence-electron chi connectivity index (χ1n) is 8.39. The lowest BCUT2D eigenvalue weighted by Crippen LogP contribution is -2.51. The standard InChI is InChI=1S/C15H25N5S2/c1-2-16-14(21)19-8-10-20(11-9-19)15-18-17-13(22-15)12-6-4-3-5-7-12/h12H,2-11H2,1H3,(H,16,21). The molecule has 0 bridgehead atoms. The van der Waals surface area contributed by atoms with Gasteiger partial charge in [0.05, 0.1) is 0 Å². The molecule has 3 rings (SSSR count). The van der Waals surface area contributed by atoms with Crippen LogP contribution in [-0.4, -0.2) is 52.9 Å². The van der Waals surface area contributed by atoms with Crippen LogP contribution in [0.1, 0.15) is 50.0 Å². The van der Waals surface area contributed by atoms with Crippen LogP contribution in [0.15, 0.2) is 0 Å². The van der Waals surface area contributed by atoms with Gasteiger partial charge in [0.2, 0.25) is 5.13 Å². The van der Waals surface area contributed by atoms with E-state index in [9.17, 15) is 0 Å². The normalized spacial score (nSPS) is 20.2. The molecule has 2 aliphatic rings. The molecule has 2 heterocycles. The molecule has 0 atom stereocenters. The van der Waals surface area contributed by atoms with Crippen molar-refractivity contribution in [2.45, 2.75) is 44.9 Å².